The fraction of sp³-hybridized carbons (Fsp3) is 0.417. The molecule has 0 saturated carbocycles. The first-order chi connectivity index (χ1) is 8.15. The fourth-order valence-electron chi connectivity index (χ4n) is 1.78. The van der Waals surface area contributed by atoms with E-state index in [9.17, 15) is 0 Å². The molecule has 2 aromatic rings. The molecule has 1 aromatic heterocycles. The van der Waals surface area contributed by atoms with Gasteiger partial charge in [0, 0.05) is 16.3 Å². The smallest absolute Gasteiger partial charge is 0.124 e. The Morgan fingerprint density at radius 1 is 1.53 bits per heavy atom. The maximum absolute atomic E-state index is 5.97. The van der Waals surface area contributed by atoms with Gasteiger partial charge >= 0.3 is 0 Å². The lowest BCUT2D eigenvalue weighted by atomic mass is 10.3. The van der Waals surface area contributed by atoms with Crippen LogP contribution in [0.1, 0.15) is 12.7 Å². The number of thioether (sulfide) groups is 1. The van der Waals surface area contributed by atoms with Crippen LogP contribution in [0.15, 0.2) is 22.7 Å². The molecule has 2 nitrogen and oxygen atoms in total. The van der Waals surface area contributed by atoms with Crippen molar-refractivity contribution < 1.29 is 0 Å². The molecule has 0 amide bonds. The second-order valence-corrected chi connectivity index (χ2v) is 6.41. The number of aromatic nitrogens is 2. The molecule has 1 aromatic carbocycles. The van der Waals surface area contributed by atoms with Crippen LogP contribution in [-0.2, 0) is 12.4 Å². The van der Waals surface area contributed by atoms with Crippen LogP contribution in [0.5, 0.6) is 0 Å². The third-order valence-corrected chi connectivity index (χ3v) is 4.44. The zero-order valence-electron chi connectivity index (χ0n) is 9.78. The van der Waals surface area contributed by atoms with E-state index < -0.39 is 0 Å². The van der Waals surface area contributed by atoms with Crippen molar-refractivity contribution in [2.24, 2.45) is 0 Å². The molecule has 1 heterocycles. The van der Waals surface area contributed by atoms with Crippen LogP contribution in [0.4, 0.5) is 0 Å². The first-order valence-electron chi connectivity index (χ1n) is 5.39. The third kappa shape index (κ3) is 2.80. The van der Waals surface area contributed by atoms with Crippen LogP contribution in [0.2, 0.25) is 0 Å². The number of halogens is 2. The summed E-state index contributed by atoms with van der Waals surface area (Å²) in [4.78, 5) is 4.56. The van der Waals surface area contributed by atoms with Gasteiger partial charge in [-0.1, -0.05) is 22.9 Å². The highest BCUT2D eigenvalue weighted by atomic mass is 79.9. The standard InChI is InChI=1S/C12H14BrClN2S/c1-8(17-2)7-16-11-5-9(13)3-4-10(11)15-12(16)6-14/h3-5,8H,6-7H2,1-2H3. The van der Waals surface area contributed by atoms with Crippen LogP contribution in [0.25, 0.3) is 11.0 Å². The average molecular weight is 334 g/mol. The van der Waals surface area contributed by atoms with Crippen molar-refractivity contribution in [2.75, 3.05) is 6.26 Å². The Bertz CT molecular complexity index is 526. The predicted molar refractivity (Wildman–Crippen MR) is 80.0 cm³/mol. The van der Waals surface area contributed by atoms with E-state index in [2.05, 4.69) is 44.7 Å². The number of imidazole rings is 1. The predicted octanol–water partition coefficient (Wildman–Crippen LogP) is 4.29. The van der Waals surface area contributed by atoms with Crippen LogP contribution < -0.4 is 0 Å². The zero-order valence-corrected chi connectivity index (χ0v) is 12.9. The highest BCUT2D eigenvalue weighted by Gasteiger charge is 2.12. The van der Waals surface area contributed by atoms with Crippen molar-refractivity contribution >= 4 is 50.3 Å². The monoisotopic (exact) mass is 332 g/mol. The minimum absolute atomic E-state index is 0.452. The van der Waals surface area contributed by atoms with E-state index in [4.69, 9.17) is 11.6 Å². The summed E-state index contributed by atoms with van der Waals surface area (Å²) < 4.78 is 3.29. The molecule has 5 heteroatoms. The number of alkyl halides is 1. The van der Waals surface area contributed by atoms with Gasteiger partial charge in [0.1, 0.15) is 5.82 Å². The maximum Gasteiger partial charge on any atom is 0.124 e. The van der Waals surface area contributed by atoms with Crippen LogP contribution in [-0.4, -0.2) is 21.1 Å². The Hall–Kier alpha value is -0.190. The van der Waals surface area contributed by atoms with Crippen molar-refractivity contribution in [3.63, 3.8) is 0 Å². The van der Waals surface area contributed by atoms with Gasteiger partial charge in [-0.15, -0.1) is 11.6 Å². The van der Waals surface area contributed by atoms with Crippen molar-refractivity contribution in [1.82, 2.24) is 9.55 Å². The average Bonchev–Trinajstić information content (AvgIpc) is 2.67. The lowest BCUT2D eigenvalue weighted by Crippen LogP contribution is -2.11. The van der Waals surface area contributed by atoms with E-state index in [0.717, 1.165) is 27.9 Å². The number of rotatable bonds is 4. The number of hydrogen-bond donors (Lipinski definition) is 0. The Balaban J connectivity index is 2.52. The molecule has 0 bridgehead atoms. The van der Waals surface area contributed by atoms with E-state index in [-0.39, 0.29) is 0 Å². The molecule has 0 spiro atoms. The molecular formula is C12H14BrClN2S. The molecule has 0 aliphatic heterocycles. The van der Waals surface area contributed by atoms with Gasteiger partial charge in [0.05, 0.1) is 16.9 Å². The summed E-state index contributed by atoms with van der Waals surface area (Å²) in [5, 5.41) is 0.549. The molecule has 0 N–H and O–H groups in total. The molecule has 17 heavy (non-hydrogen) atoms. The van der Waals surface area contributed by atoms with Crippen LogP contribution in [0, 0.1) is 0 Å². The molecule has 0 saturated heterocycles. The van der Waals surface area contributed by atoms with E-state index in [1.165, 1.54) is 0 Å². The second kappa shape index (κ2) is 5.63. The molecule has 1 atom stereocenters. The van der Waals surface area contributed by atoms with Crippen molar-refractivity contribution in [1.29, 1.82) is 0 Å². The Kier molecular flexibility index (Phi) is 4.39. The lowest BCUT2D eigenvalue weighted by molar-refractivity contribution is 0.684. The maximum atomic E-state index is 5.97. The minimum atomic E-state index is 0.452. The van der Waals surface area contributed by atoms with Gasteiger partial charge in [-0.25, -0.2) is 4.98 Å². The first kappa shape index (κ1) is 13.2. The molecule has 92 valence electrons. The summed E-state index contributed by atoms with van der Waals surface area (Å²) in [6.07, 6.45) is 2.13. The normalized spacial score (nSPS) is 13.2. The van der Waals surface area contributed by atoms with Crippen LogP contribution in [0.3, 0.4) is 0 Å². The highest BCUT2D eigenvalue weighted by molar-refractivity contribution is 9.10. The number of hydrogen-bond acceptors (Lipinski definition) is 2. The Morgan fingerprint density at radius 3 is 2.94 bits per heavy atom. The van der Waals surface area contributed by atoms with Crippen molar-refractivity contribution in [3.05, 3.63) is 28.5 Å². The van der Waals surface area contributed by atoms with Crippen molar-refractivity contribution in [3.8, 4) is 0 Å². The summed E-state index contributed by atoms with van der Waals surface area (Å²) in [7, 11) is 0. The molecule has 0 fully saturated rings. The van der Waals surface area contributed by atoms with Gasteiger partial charge in [0.2, 0.25) is 0 Å². The minimum Gasteiger partial charge on any atom is -0.326 e. The zero-order chi connectivity index (χ0) is 12.4. The molecule has 0 radical (unpaired) electrons. The fourth-order valence-corrected chi connectivity index (χ4v) is 2.63. The van der Waals surface area contributed by atoms with Gasteiger partial charge in [-0.3, -0.25) is 0 Å². The molecule has 2 rings (SSSR count). The number of fused-ring (bicyclic) bond motifs is 1. The topological polar surface area (TPSA) is 17.8 Å². The highest BCUT2D eigenvalue weighted by Crippen LogP contribution is 2.23. The summed E-state index contributed by atoms with van der Waals surface area (Å²) in [5.41, 5.74) is 2.16. The third-order valence-electron chi connectivity index (χ3n) is 2.75. The van der Waals surface area contributed by atoms with Crippen molar-refractivity contribution in [2.45, 2.75) is 24.6 Å². The van der Waals surface area contributed by atoms with E-state index >= 15 is 0 Å². The summed E-state index contributed by atoms with van der Waals surface area (Å²) >= 11 is 11.3. The van der Waals surface area contributed by atoms with E-state index in [1.54, 1.807) is 0 Å². The SMILES string of the molecule is CSC(C)Cn1c(CCl)nc2ccc(Br)cc21. The van der Waals surface area contributed by atoms with Gasteiger partial charge in [0.25, 0.3) is 0 Å². The van der Waals surface area contributed by atoms with Gasteiger partial charge in [-0.2, -0.15) is 11.8 Å². The lowest BCUT2D eigenvalue weighted by Gasteiger charge is -2.12. The largest absolute Gasteiger partial charge is 0.326 e. The first-order valence-corrected chi connectivity index (χ1v) is 8.00. The Morgan fingerprint density at radius 2 is 2.29 bits per heavy atom. The van der Waals surface area contributed by atoms with Gasteiger partial charge in [-0.05, 0) is 24.5 Å². The quantitative estimate of drug-likeness (QED) is 0.777. The second-order valence-electron chi connectivity index (χ2n) is 3.95. The summed E-state index contributed by atoms with van der Waals surface area (Å²) in [5.74, 6) is 1.40. The summed E-state index contributed by atoms with van der Waals surface area (Å²) in [6, 6.07) is 6.14. The molecule has 0 aliphatic rings. The number of benzene rings is 1. The van der Waals surface area contributed by atoms with E-state index in [0.29, 0.717) is 11.1 Å². The molecule has 1 unspecified atom stereocenters. The van der Waals surface area contributed by atoms with Gasteiger partial charge in [0.15, 0.2) is 0 Å². The molecular weight excluding hydrogens is 320 g/mol. The van der Waals surface area contributed by atoms with E-state index in [1.807, 2.05) is 23.9 Å². The number of nitrogens with zero attached hydrogens (tertiary/aromatic N) is 2. The summed E-state index contributed by atoms with van der Waals surface area (Å²) in [6.45, 7) is 3.16. The molecule has 0 aliphatic carbocycles. The Labute approximate surface area is 119 Å². The van der Waals surface area contributed by atoms with Gasteiger partial charge < -0.3 is 4.57 Å². The van der Waals surface area contributed by atoms with Crippen LogP contribution >= 0.6 is 39.3 Å².